The Labute approximate surface area is 422 Å². The summed E-state index contributed by atoms with van der Waals surface area (Å²) < 4.78 is 23.3. The highest BCUT2D eigenvalue weighted by Gasteiger charge is 2.23. The number of unbranched alkanes of at least 4 members (excludes halogenated alkanes) is 31. The molecule has 68 heavy (non-hydrogen) atoms. The molecule has 0 fully saturated rings. The number of nitrogens with zero attached hydrogens (tertiary/aromatic N) is 1. The van der Waals surface area contributed by atoms with Crippen LogP contribution in [0.2, 0.25) is 0 Å². The minimum atomic E-state index is -4.61. The molecule has 3 unspecified atom stereocenters. The molecular weight excluding hydrogens is 864 g/mol. The van der Waals surface area contributed by atoms with Gasteiger partial charge in [-0.3, -0.25) is 9.36 Å². The standard InChI is InChI=1S/C59H111N2O6P/c1-6-8-10-12-14-16-18-20-22-24-26-28-29-30-31-33-34-36-38-40-42-44-46-48-50-52-58(62)57(56-67-68(64,65)66-55-54-61(3,4)5)60-59(63)53-51-49-47-45-43-41-39-37-35-32-27-25-23-21-19-17-15-13-11-9-7-2/h9,11,15,17,34,36,42,44,50,52,57-58,62H,6-8,10,12-14,16,18-33,35,37-41,43,45-49,51,53-56H2,1-5H3,(H-,60,63,64,65)/b11-9-,17-15-,36-34+,44-42+,52-50+. The topological polar surface area (TPSA) is 108 Å². The zero-order chi connectivity index (χ0) is 49.9. The van der Waals surface area contributed by atoms with Crippen molar-refractivity contribution >= 4 is 13.7 Å². The zero-order valence-electron chi connectivity index (χ0n) is 45.3. The van der Waals surface area contributed by atoms with E-state index >= 15 is 0 Å². The van der Waals surface area contributed by atoms with Gasteiger partial charge in [-0.05, 0) is 70.6 Å². The molecule has 0 aromatic rings. The quantitative estimate of drug-likeness (QED) is 0.0272. The van der Waals surface area contributed by atoms with Crippen molar-refractivity contribution in [3.8, 4) is 0 Å². The summed E-state index contributed by atoms with van der Waals surface area (Å²) in [5, 5.41) is 13.9. The van der Waals surface area contributed by atoms with Crippen molar-refractivity contribution in [2.24, 2.45) is 0 Å². The van der Waals surface area contributed by atoms with E-state index < -0.39 is 26.6 Å². The fraction of sp³-hybridized carbons (Fsp3) is 0.814. The average molecular weight is 976 g/mol. The van der Waals surface area contributed by atoms with Crippen molar-refractivity contribution in [3.05, 3.63) is 60.8 Å². The third-order valence-corrected chi connectivity index (χ3v) is 13.7. The first-order chi connectivity index (χ1) is 33.0. The average Bonchev–Trinajstić information content (AvgIpc) is 3.30. The number of nitrogens with one attached hydrogen (secondary N) is 1. The van der Waals surface area contributed by atoms with Gasteiger partial charge in [0, 0.05) is 6.42 Å². The number of carbonyl (C=O) groups is 1. The molecule has 0 bridgehead atoms. The Balaban J connectivity index is 4.29. The Morgan fingerprint density at radius 3 is 1.35 bits per heavy atom. The molecule has 0 saturated heterocycles. The highest BCUT2D eigenvalue weighted by atomic mass is 31.2. The van der Waals surface area contributed by atoms with Gasteiger partial charge in [0.15, 0.2) is 0 Å². The lowest BCUT2D eigenvalue weighted by Gasteiger charge is -2.29. The lowest BCUT2D eigenvalue weighted by atomic mass is 10.0. The maximum absolute atomic E-state index is 13.0. The van der Waals surface area contributed by atoms with Crippen molar-refractivity contribution in [1.82, 2.24) is 5.32 Å². The molecular formula is C59H111N2O6P. The second kappa shape index (κ2) is 50.2. The van der Waals surface area contributed by atoms with Crippen LogP contribution in [0.3, 0.4) is 0 Å². The molecule has 0 spiro atoms. The molecule has 0 aliphatic heterocycles. The number of allylic oxidation sites excluding steroid dienone is 9. The van der Waals surface area contributed by atoms with E-state index in [0.717, 1.165) is 57.8 Å². The van der Waals surface area contributed by atoms with E-state index in [-0.39, 0.29) is 12.5 Å². The summed E-state index contributed by atoms with van der Waals surface area (Å²) in [6.07, 6.45) is 67.3. The molecule has 0 rings (SSSR count). The second-order valence-corrected chi connectivity index (χ2v) is 22.0. The van der Waals surface area contributed by atoms with Crippen LogP contribution in [0.25, 0.3) is 0 Å². The summed E-state index contributed by atoms with van der Waals surface area (Å²) in [7, 11) is 1.24. The predicted octanol–water partition coefficient (Wildman–Crippen LogP) is 16.7. The van der Waals surface area contributed by atoms with Gasteiger partial charge in [0.2, 0.25) is 5.91 Å². The Morgan fingerprint density at radius 1 is 0.529 bits per heavy atom. The first-order valence-corrected chi connectivity index (χ1v) is 30.1. The molecule has 1 amide bonds. The molecule has 0 saturated carbocycles. The Morgan fingerprint density at radius 2 is 0.912 bits per heavy atom. The van der Waals surface area contributed by atoms with Crippen LogP contribution in [0.5, 0.6) is 0 Å². The van der Waals surface area contributed by atoms with Gasteiger partial charge < -0.3 is 28.8 Å². The third kappa shape index (κ3) is 52.0. The predicted molar refractivity (Wildman–Crippen MR) is 293 cm³/mol. The van der Waals surface area contributed by atoms with Gasteiger partial charge >= 0.3 is 0 Å². The third-order valence-electron chi connectivity index (χ3n) is 12.7. The van der Waals surface area contributed by atoms with E-state index in [1.807, 2.05) is 27.2 Å². The molecule has 8 nitrogen and oxygen atoms in total. The van der Waals surface area contributed by atoms with Gasteiger partial charge in [0.05, 0.1) is 39.9 Å². The first kappa shape index (κ1) is 66.2. The van der Waals surface area contributed by atoms with Gasteiger partial charge in [0.25, 0.3) is 7.82 Å². The van der Waals surface area contributed by atoms with E-state index in [0.29, 0.717) is 17.4 Å². The normalized spacial score (nSPS) is 14.4. The molecule has 398 valence electrons. The summed E-state index contributed by atoms with van der Waals surface area (Å²) in [6, 6.07) is -0.912. The van der Waals surface area contributed by atoms with Crippen LogP contribution in [0.1, 0.15) is 258 Å². The van der Waals surface area contributed by atoms with E-state index in [9.17, 15) is 19.4 Å². The largest absolute Gasteiger partial charge is 0.756 e. The second-order valence-electron chi connectivity index (χ2n) is 20.6. The summed E-state index contributed by atoms with van der Waals surface area (Å²) in [5.41, 5.74) is 0. The number of aliphatic hydroxyl groups excluding tert-OH is 1. The number of amides is 1. The molecule has 0 aromatic carbocycles. The van der Waals surface area contributed by atoms with Crippen LogP contribution in [0, 0.1) is 0 Å². The van der Waals surface area contributed by atoms with Crippen LogP contribution in [0.4, 0.5) is 0 Å². The van der Waals surface area contributed by atoms with Crippen molar-refractivity contribution < 1.29 is 32.9 Å². The van der Waals surface area contributed by atoms with Crippen LogP contribution in [-0.2, 0) is 18.4 Å². The van der Waals surface area contributed by atoms with E-state index in [4.69, 9.17) is 9.05 Å². The molecule has 0 radical (unpaired) electrons. The van der Waals surface area contributed by atoms with Gasteiger partial charge in [0.1, 0.15) is 13.2 Å². The molecule has 0 aromatic heterocycles. The number of likely N-dealkylation sites (N-methyl/N-ethyl adjacent to an activating group) is 1. The maximum atomic E-state index is 13.0. The van der Waals surface area contributed by atoms with Gasteiger partial charge in [-0.15, -0.1) is 0 Å². The van der Waals surface area contributed by atoms with E-state index in [1.54, 1.807) is 6.08 Å². The monoisotopic (exact) mass is 975 g/mol. The van der Waals surface area contributed by atoms with Crippen molar-refractivity contribution in [1.29, 1.82) is 0 Å². The molecule has 0 aliphatic carbocycles. The van der Waals surface area contributed by atoms with Crippen LogP contribution in [-0.4, -0.2) is 68.5 Å². The first-order valence-electron chi connectivity index (χ1n) is 28.7. The minimum absolute atomic E-state index is 0.0101. The molecule has 2 N–H and O–H groups in total. The lowest BCUT2D eigenvalue weighted by molar-refractivity contribution is -0.870. The zero-order valence-corrected chi connectivity index (χ0v) is 46.2. The summed E-state index contributed by atoms with van der Waals surface area (Å²) in [4.78, 5) is 25.5. The highest BCUT2D eigenvalue weighted by Crippen LogP contribution is 2.38. The number of aliphatic hydroxyl groups is 1. The number of carbonyl (C=O) groups excluding carboxylic acids is 1. The van der Waals surface area contributed by atoms with Gasteiger partial charge in [-0.25, -0.2) is 0 Å². The fourth-order valence-corrected chi connectivity index (χ4v) is 8.95. The summed E-state index contributed by atoms with van der Waals surface area (Å²) in [6.45, 7) is 4.54. The molecule has 3 atom stereocenters. The summed E-state index contributed by atoms with van der Waals surface area (Å²) in [5.74, 6) is -0.211. The fourth-order valence-electron chi connectivity index (χ4n) is 8.22. The van der Waals surface area contributed by atoms with Crippen LogP contribution in [0.15, 0.2) is 60.8 Å². The van der Waals surface area contributed by atoms with E-state index in [2.05, 4.69) is 67.8 Å². The Kier molecular flexibility index (Phi) is 48.8. The number of hydrogen-bond acceptors (Lipinski definition) is 6. The van der Waals surface area contributed by atoms with Crippen LogP contribution < -0.4 is 10.2 Å². The Hall–Kier alpha value is -1.80. The van der Waals surface area contributed by atoms with Crippen molar-refractivity contribution in [2.45, 2.75) is 270 Å². The lowest BCUT2D eigenvalue weighted by Crippen LogP contribution is -2.45. The number of phosphoric acid groups is 1. The SMILES string of the molecule is CC/C=C\C/C=C\CCCCCCCCCCCCCCCCC(=O)NC(COP(=O)([O-])OCC[N+](C)(C)C)C(O)/C=C/CC/C=C/CC/C=C/CCCCCCCCCCCCCCCCC. The van der Waals surface area contributed by atoms with E-state index in [1.165, 1.54) is 180 Å². The molecule has 0 heterocycles. The summed E-state index contributed by atoms with van der Waals surface area (Å²) >= 11 is 0. The van der Waals surface area contributed by atoms with Gasteiger partial charge in [-0.1, -0.05) is 242 Å². The number of phosphoric ester groups is 1. The van der Waals surface area contributed by atoms with Crippen molar-refractivity contribution in [3.63, 3.8) is 0 Å². The minimum Gasteiger partial charge on any atom is -0.756 e. The van der Waals surface area contributed by atoms with Crippen LogP contribution >= 0.6 is 7.82 Å². The smallest absolute Gasteiger partial charge is 0.268 e. The molecule has 9 heteroatoms. The highest BCUT2D eigenvalue weighted by molar-refractivity contribution is 7.45. The van der Waals surface area contributed by atoms with Crippen molar-refractivity contribution in [2.75, 3.05) is 40.9 Å². The number of rotatable bonds is 52. The maximum Gasteiger partial charge on any atom is 0.268 e. The molecule has 0 aliphatic rings. The van der Waals surface area contributed by atoms with Gasteiger partial charge in [-0.2, -0.15) is 0 Å². The number of quaternary nitrogens is 1. The Bertz CT molecular complexity index is 1290. The number of hydrogen-bond donors (Lipinski definition) is 2.